The first-order valence-corrected chi connectivity index (χ1v) is 11.2. The highest BCUT2D eigenvalue weighted by atomic mass is 32.2. The van der Waals surface area contributed by atoms with Crippen molar-refractivity contribution >= 4 is 27.9 Å². The number of benzene rings is 1. The average molecular weight is 423 g/mol. The fourth-order valence-corrected chi connectivity index (χ4v) is 4.32. The van der Waals surface area contributed by atoms with E-state index in [9.17, 15) is 22.8 Å². The summed E-state index contributed by atoms with van der Waals surface area (Å²) in [7, 11) is -3.74. The third-order valence-electron chi connectivity index (χ3n) is 5.66. The van der Waals surface area contributed by atoms with Gasteiger partial charge >= 0.3 is 6.03 Å². The maximum Gasteiger partial charge on any atom is 0.325 e. The van der Waals surface area contributed by atoms with Crippen LogP contribution in [0, 0.1) is 5.92 Å². The van der Waals surface area contributed by atoms with Crippen molar-refractivity contribution in [3.8, 4) is 0 Å². The van der Waals surface area contributed by atoms with Gasteiger partial charge in [0.15, 0.2) is 0 Å². The number of primary sulfonamides is 1. The van der Waals surface area contributed by atoms with E-state index < -0.39 is 27.5 Å². The van der Waals surface area contributed by atoms with E-state index in [4.69, 9.17) is 5.14 Å². The Hall–Kier alpha value is -2.46. The molecule has 1 aliphatic heterocycles. The first-order valence-electron chi connectivity index (χ1n) is 9.63. The number of rotatable bonds is 6. The van der Waals surface area contributed by atoms with Crippen molar-refractivity contribution in [2.75, 3.05) is 13.1 Å². The van der Waals surface area contributed by atoms with Crippen molar-refractivity contribution < 1.29 is 22.8 Å². The van der Waals surface area contributed by atoms with Crippen molar-refractivity contribution in [3.63, 3.8) is 0 Å². The second-order valence-electron chi connectivity index (χ2n) is 7.87. The lowest BCUT2D eigenvalue weighted by molar-refractivity contribution is -0.136. The van der Waals surface area contributed by atoms with Gasteiger partial charge in [-0.1, -0.05) is 19.1 Å². The monoisotopic (exact) mass is 422 g/mol. The summed E-state index contributed by atoms with van der Waals surface area (Å²) in [5.41, 5.74) is -0.0300. The molecule has 1 spiro atoms. The van der Waals surface area contributed by atoms with Crippen molar-refractivity contribution in [2.45, 2.75) is 49.5 Å². The van der Waals surface area contributed by atoms with E-state index >= 15 is 0 Å². The fraction of sp³-hybridized carbons (Fsp3) is 0.526. The first kappa shape index (κ1) is 21.3. The van der Waals surface area contributed by atoms with Crippen LogP contribution in [0.3, 0.4) is 0 Å². The molecule has 1 heterocycles. The topological polar surface area (TPSA) is 139 Å². The van der Waals surface area contributed by atoms with Gasteiger partial charge in [-0.05, 0) is 55.7 Å². The van der Waals surface area contributed by atoms with E-state index in [1.807, 2.05) is 0 Å². The van der Waals surface area contributed by atoms with Gasteiger partial charge in [0.25, 0.3) is 5.91 Å². The normalized spacial score (nSPS) is 24.6. The van der Waals surface area contributed by atoms with Crippen LogP contribution >= 0.6 is 0 Å². The molecule has 0 atom stereocenters. The molecule has 2 aliphatic rings. The summed E-state index contributed by atoms with van der Waals surface area (Å²) < 4.78 is 22.5. The highest BCUT2D eigenvalue weighted by molar-refractivity contribution is 7.89. The van der Waals surface area contributed by atoms with Gasteiger partial charge in [-0.15, -0.1) is 0 Å². The van der Waals surface area contributed by atoms with Gasteiger partial charge in [0.05, 0.1) is 4.90 Å². The van der Waals surface area contributed by atoms with E-state index in [1.54, 1.807) is 12.1 Å². The van der Waals surface area contributed by atoms with Crippen LogP contribution in [0.2, 0.25) is 0 Å². The summed E-state index contributed by atoms with van der Waals surface area (Å²) in [6.45, 7) is 2.11. The highest BCUT2D eigenvalue weighted by Crippen LogP contribution is 2.36. The Morgan fingerprint density at radius 1 is 1.24 bits per heavy atom. The molecular weight excluding hydrogens is 396 g/mol. The molecule has 10 heteroatoms. The van der Waals surface area contributed by atoms with Gasteiger partial charge in [0.1, 0.15) is 12.1 Å². The van der Waals surface area contributed by atoms with Crippen molar-refractivity contribution in [1.82, 2.24) is 15.5 Å². The predicted molar refractivity (Wildman–Crippen MR) is 105 cm³/mol. The number of urea groups is 1. The Bertz CT molecular complexity index is 905. The molecule has 0 unspecified atom stereocenters. The van der Waals surface area contributed by atoms with Crippen LogP contribution < -0.4 is 15.8 Å². The lowest BCUT2D eigenvalue weighted by Gasteiger charge is -2.33. The summed E-state index contributed by atoms with van der Waals surface area (Å²) in [4.78, 5) is 38.2. The molecule has 1 saturated carbocycles. The zero-order valence-electron chi connectivity index (χ0n) is 16.3. The van der Waals surface area contributed by atoms with Crippen molar-refractivity contribution in [3.05, 3.63) is 29.8 Å². The number of imide groups is 1. The molecule has 1 aliphatic carbocycles. The van der Waals surface area contributed by atoms with Crippen LogP contribution in [-0.2, 0) is 26.0 Å². The molecule has 1 aromatic carbocycles. The summed E-state index contributed by atoms with van der Waals surface area (Å²) >= 11 is 0. The Kier molecular flexibility index (Phi) is 5.95. The number of hydrogen-bond acceptors (Lipinski definition) is 5. The molecule has 9 nitrogen and oxygen atoms in total. The van der Waals surface area contributed by atoms with Crippen molar-refractivity contribution in [1.29, 1.82) is 0 Å². The van der Waals surface area contributed by atoms with Crippen LogP contribution in [0.1, 0.15) is 38.2 Å². The summed E-state index contributed by atoms with van der Waals surface area (Å²) in [5, 5.41) is 10.5. The molecule has 158 valence electrons. The molecule has 0 bridgehead atoms. The number of nitrogens with one attached hydrogen (secondary N) is 2. The van der Waals surface area contributed by atoms with Crippen LogP contribution in [-0.4, -0.2) is 49.8 Å². The Morgan fingerprint density at radius 3 is 2.45 bits per heavy atom. The molecule has 4 N–H and O–H groups in total. The molecule has 1 aromatic rings. The first-order chi connectivity index (χ1) is 13.6. The summed E-state index contributed by atoms with van der Waals surface area (Å²) in [5.74, 6) is -0.208. The van der Waals surface area contributed by atoms with Crippen molar-refractivity contribution in [2.24, 2.45) is 11.1 Å². The molecule has 3 rings (SSSR count). The maximum atomic E-state index is 12.7. The van der Waals surface area contributed by atoms with Gasteiger partial charge in [-0.3, -0.25) is 14.5 Å². The largest absolute Gasteiger partial charge is 0.354 e. The number of hydrogen-bond donors (Lipinski definition) is 3. The molecule has 1 saturated heterocycles. The maximum absolute atomic E-state index is 12.7. The molecule has 4 amide bonds. The number of carbonyl (C=O) groups excluding carboxylic acids is 3. The molecule has 2 fully saturated rings. The minimum Gasteiger partial charge on any atom is -0.354 e. The quantitative estimate of drug-likeness (QED) is 0.573. The molecule has 0 radical (unpaired) electrons. The average Bonchev–Trinajstić information content (AvgIpc) is 2.88. The molecule has 29 heavy (non-hydrogen) atoms. The van der Waals surface area contributed by atoms with Gasteiger partial charge in [-0.2, -0.15) is 0 Å². The smallest absolute Gasteiger partial charge is 0.325 e. The minimum atomic E-state index is -3.74. The van der Waals surface area contributed by atoms with E-state index in [0.29, 0.717) is 31.7 Å². The predicted octanol–water partition coefficient (Wildman–Crippen LogP) is 0.493. The third kappa shape index (κ3) is 4.76. The Balaban J connectivity index is 1.49. The van der Waals surface area contributed by atoms with E-state index in [0.717, 1.165) is 23.3 Å². The SMILES string of the molecule is CC1CCC2(CC1)NC(=O)N(CC(=O)NCCc1ccc(S(N)(=O)=O)cc1)C2=O. The van der Waals surface area contributed by atoms with Crippen LogP contribution in [0.4, 0.5) is 4.79 Å². The second-order valence-corrected chi connectivity index (χ2v) is 9.44. The standard InChI is InChI=1S/C19H26N4O5S/c1-13-6-9-19(10-7-13)17(25)23(18(26)22-19)12-16(24)21-11-8-14-2-4-15(5-3-14)29(20,27)28/h2-5,13H,6-12H2,1H3,(H,21,24)(H,22,26)(H2,20,27,28). The van der Waals surface area contributed by atoms with E-state index in [1.165, 1.54) is 12.1 Å². The van der Waals surface area contributed by atoms with Crippen LogP contribution in [0.15, 0.2) is 29.2 Å². The number of nitrogens with zero attached hydrogens (tertiary/aromatic N) is 1. The fourth-order valence-electron chi connectivity index (χ4n) is 3.81. The van der Waals surface area contributed by atoms with Crippen LogP contribution in [0.25, 0.3) is 0 Å². The Morgan fingerprint density at radius 2 is 1.86 bits per heavy atom. The molecule has 0 aromatic heterocycles. The van der Waals surface area contributed by atoms with Gasteiger partial charge in [-0.25, -0.2) is 18.4 Å². The van der Waals surface area contributed by atoms with E-state index in [-0.39, 0.29) is 17.3 Å². The second kappa shape index (κ2) is 8.11. The number of nitrogens with two attached hydrogens (primary N) is 1. The Labute approximate surface area is 170 Å². The van der Waals surface area contributed by atoms with Gasteiger partial charge in [0.2, 0.25) is 15.9 Å². The summed E-state index contributed by atoms with van der Waals surface area (Å²) in [6, 6.07) is 5.54. The number of amides is 4. The highest BCUT2D eigenvalue weighted by Gasteiger charge is 2.52. The zero-order valence-corrected chi connectivity index (χ0v) is 17.1. The third-order valence-corrected chi connectivity index (χ3v) is 6.59. The van der Waals surface area contributed by atoms with Gasteiger partial charge in [0, 0.05) is 6.54 Å². The van der Waals surface area contributed by atoms with E-state index in [2.05, 4.69) is 17.6 Å². The molecular formula is C19H26N4O5S. The zero-order chi connectivity index (χ0) is 21.2. The minimum absolute atomic E-state index is 0.0230. The lowest BCUT2D eigenvalue weighted by Crippen LogP contribution is -2.50. The van der Waals surface area contributed by atoms with Crippen LogP contribution in [0.5, 0.6) is 0 Å². The number of sulfonamides is 1. The number of carbonyl (C=O) groups is 3. The lowest BCUT2D eigenvalue weighted by atomic mass is 9.77. The van der Waals surface area contributed by atoms with Gasteiger partial charge < -0.3 is 10.6 Å². The summed E-state index contributed by atoms with van der Waals surface area (Å²) in [6.07, 6.45) is 3.42.